The number of benzene rings is 1. The van der Waals surface area contributed by atoms with Gasteiger partial charge in [0.2, 0.25) is 5.89 Å². The van der Waals surface area contributed by atoms with E-state index in [0.29, 0.717) is 25.0 Å². The Kier molecular flexibility index (Phi) is 6.12. The summed E-state index contributed by atoms with van der Waals surface area (Å²) in [4.78, 5) is 4.68. The van der Waals surface area contributed by atoms with Crippen LogP contribution < -0.4 is 0 Å². The zero-order valence-electron chi connectivity index (χ0n) is 16.0. The molecule has 0 radical (unpaired) electrons. The highest BCUT2D eigenvalue weighted by molar-refractivity contribution is 5.54. The van der Waals surface area contributed by atoms with Crippen molar-refractivity contribution in [1.82, 2.24) is 4.98 Å². The van der Waals surface area contributed by atoms with Crippen molar-refractivity contribution in [2.24, 2.45) is 5.92 Å². The second kappa shape index (κ2) is 8.33. The van der Waals surface area contributed by atoms with Gasteiger partial charge in [0, 0.05) is 11.5 Å². The van der Waals surface area contributed by atoms with E-state index in [1.165, 1.54) is 5.56 Å². The van der Waals surface area contributed by atoms with E-state index < -0.39 is 5.79 Å². The quantitative estimate of drug-likeness (QED) is 0.756. The maximum absolute atomic E-state index is 9.23. The van der Waals surface area contributed by atoms with E-state index in [1.54, 1.807) is 6.92 Å². The van der Waals surface area contributed by atoms with Crippen LogP contribution in [-0.4, -0.2) is 35.7 Å². The smallest absolute Gasteiger partial charge is 0.226 e. The van der Waals surface area contributed by atoms with Gasteiger partial charge in [-0.1, -0.05) is 24.1 Å². The lowest BCUT2D eigenvalue weighted by Gasteiger charge is -2.36. The standard InChI is InChI=1S/C21H29NO4/c1-15-8-10-18(11-9-15)20-22-19(16(2)26-20)7-5-4-6-17-12-24-21(3,14-23)25-13-17/h8-11,17,23H,4-7,12-14H2,1-3H3/t17-,21+. The maximum Gasteiger partial charge on any atom is 0.226 e. The van der Waals surface area contributed by atoms with Crippen LogP contribution >= 0.6 is 0 Å². The van der Waals surface area contributed by atoms with Crippen LogP contribution in [0.2, 0.25) is 0 Å². The van der Waals surface area contributed by atoms with Crippen molar-refractivity contribution >= 4 is 0 Å². The predicted molar refractivity (Wildman–Crippen MR) is 99.9 cm³/mol. The van der Waals surface area contributed by atoms with E-state index in [0.717, 1.165) is 42.7 Å². The van der Waals surface area contributed by atoms with Gasteiger partial charge in [0.1, 0.15) is 5.76 Å². The second-order valence-corrected chi connectivity index (χ2v) is 7.41. The monoisotopic (exact) mass is 359 g/mol. The molecular formula is C21H29NO4. The van der Waals surface area contributed by atoms with Crippen molar-refractivity contribution < 1.29 is 19.0 Å². The first kappa shape index (κ1) is 19.1. The highest BCUT2D eigenvalue weighted by Crippen LogP contribution is 2.25. The largest absolute Gasteiger partial charge is 0.441 e. The lowest BCUT2D eigenvalue weighted by molar-refractivity contribution is -0.286. The topological polar surface area (TPSA) is 64.7 Å². The predicted octanol–water partition coefficient (Wildman–Crippen LogP) is 4.04. The Bertz CT molecular complexity index is 699. The first-order chi connectivity index (χ1) is 12.5. The second-order valence-electron chi connectivity index (χ2n) is 7.41. The molecule has 142 valence electrons. The summed E-state index contributed by atoms with van der Waals surface area (Å²) in [7, 11) is 0. The molecule has 5 heteroatoms. The van der Waals surface area contributed by atoms with Crippen LogP contribution in [0.15, 0.2) is 28.7 Å². The van der Waals surface area contributed by atoms with E-state index in [1.807, 2.05) is 19.1 Å². The number of nitrogens with zero attached hydrogens (tertiary/aromatic N) is 1. The molecule has 1 aliphatic heterocycles. The summed E-state index contributed by atoms with van der Waals surface area (Å²) in [6.45, 7) is 7.03. The highest BCUT2D eigenvalue weighted by Gasteiger charge is 2.31. The van der Waals surface area contributed by atoms with Crippen LogP contribution in [0.4, 0.5) is 0 Å². The molecule has 1 aromatic carbocycles. The molecule has 3 rings (SSSR count). The number of oxazole rings is 1. The van der Waals surface area contributed by atoms with Crippen molar-refractivity contribution in [3.63, 3.8) is 0 Å². The summed E-state index contributed by atoms with van der Waals surface area (Å²) in [6.07, 6.45) is 4.14. The van der Waals surface area contributed by atoms with Crippen molar-refractivity contribution in [3.05, 3.63) is 41.3 Å². The van der Waals surface area contributed by atoms with Gasteiger partial charge >= 0.3 is 0 Å². The molecule has 0 bridgehead atoms. The number of ether oxygens (including phenoxy) is 2. The Balaban J connectivity index is 1.45. The molecule has 1 saturated heterocycles. The van der Waals surface area contributed by atoms with E-state index in [9.17, 15) is 5.11 Å². The third-order valence-corrected chi connectivity index (χ3v) is 5.00. The van der Waals surface area contributed by atoms with Gasteiger partial charge in [-0.05, 0) is 52.2 Å². The SMILES string of the molecule is Cc1ccc(-c2nc(CCCC[C@H]3CO[C@@](C)(CO)OC3)c(C)o2)cc1. The molecule has 0 atom stereocenters. The number of rotatable bonds is 7. The average Bonchev–Trinajstić information content (AvgIpc) is 3.02. The Morgan fingerprint density at radius 1 is 1.12 bits per heavy atom. The number of hydrogen-bond acceptors (Lipinski definition) is 5. The fourth-order valence-corrected chi connectivity index (χ4v) is 3.14. The molecule has 2 heterocycles. The minimum absolute atomic E-state index is 0.103. The minimum Gasteiger partial charge on any atom is -0.441 e. The van der Waals surface area contributed by atoms with Gasteiger partial charge in [0.15, 0.2) is 5.79 Å². The average molecular weight is 359 g/mol. The van der Waals surface area contributed by atoms with Crippen LogP contribution in [-0.2, 0) is 15.9 Å². The zero-order valence-corrected chi connectivity index (χ0v) is 16.0. The first-order valence-electron chi connectivity index (χ1n) is 9.41. The number of aliphatic hydroxyl groups is 1. The molecule has 1 aliphatic rings. The van der Waals surface area contributed by atoms with Crippen LogP contribution in [0.1, 0.15) is 43.2 Å². The van der Waals surface area contributed by atoms with Crippen molar-refractivity contribution in [1.29, 1.82) is 0 Å². The van der Waals surface area contributed by atoms with Gasteiger partial charge in [0.05, 0.1) is 25.5 Å². The normalized spacial score (nSPS) is 23.3. The van der Waals surface area contributed by atoms with Crippen LogP contribution in [0.25, 0.3) is 11.5 Å². The van der Waals surface area contributed by atoms with E-state index >= 15 is 0 Å². The van der Waals surface area contributed by atoms with E-state index in [2.05, 4.69) is 24.0 Å². The summed E-state index contributed by atoms with van der Waals surface area (Å²) in [6, 6.07) is 8.25. The molecule has 2 aromatic rings. The lowest BCUT2D eigenvalue weighted by Crippen LogP contribution is -2.44. The summed E-state index contributed by atoms with van der Waals surface area (Å²) >= 11 is 0. The molecular weight excluding hydrogens is 330 g/mol. The molecule has 1 aromatic heterocycles. The Morgan fingerprint density at radius 3 is 2.46 bits per heavy atom. The molecule has 0 aliphatic carbocycles. The van der Waals surface area contributed by atoms with Gasteiger partial charge in [-0.3, -0.25) is 0 Å². The third kappa shape index (κ3) is 4.72. The minimum atomic E-state index is -0.819. The van der Waals surface area contributed by atoms with E-state index in [-0.39, 0.29) is 6.61 Å². The van der Waals surface area contributed by atoms with Crippen LogP contribution in [0.5, 0.6) is 0 Å². The molecule has 0 amide bonds. The molecule has 0 spiro atoms. The van der Waals surface area contributed by atoms with Gasteiger partial charge in [-0.25, -0.2) is 4.98 Å². The summed E-state index contributed by atoms with van der Waals surface area (Å²) in [5, 5.41) is 9.23. The van der Waals surface area contributed by atoms with Gasteiger partial charge < -0.3 is 19.0 Å². The third-order valence-electron chi connectivity index (χ3n) is 5.00. The maximum atomic E-state index is 9.23. The Labute approximate surface area is 155 Å². The lowest BCUT2D eigenvalue weighted by atomic mass is 10.0. The van der Waals surface area contributed by atoms with Crippen molar-refractivity contribution in [2.45, 2.75) is 52.2 Å². The highest BCUT2D eigenvalue weighted by atomic mass is 16.7. The number of aliphatic hydroxyl groups excluding tert-OH is 1. The Morgan fingerprint density at radius 2 is 1.81 bits per heavy atom. The van der Waals surface area contributed by atoms with Crippen LogP contribution in [0.3, 0.4) is 0 Å². The summed E-state index contributed by atoms with van der Waals surface area (Å²) in [5.74, 6) is 1.19. The molecule has 1 fully saturated rings. The summed E-state index contributed by atoms with van der Waals surface area (Å²) in [5.41, 5.74) is 3.30. The fraction of sp³-hybridized carbons (Fsp3) is 0.571. The van der Waals surface area contributed by atoms with Crippen LogP contribution in [0, 0.1) is 19.8 Å². The number of aryl methyl sites for hydroxylation is 3. The number of aromatic nitrogens is 1. The molecule has 0 saturated carbocycles. The summed E-state index contributed by atoms with van der Waals surface area (Å²) < 4.78 is 17.1. The van der Waals surface area contributed by atoms with Crippen molar-refractivity contribution in [2.75, 3.05) is 19.8 Å². The van der Waals surface area contributed by atoms with Gasteiger partial charge in [0.25, 0.3) is 0 Å². The van der Waals surface area contributed by atoms with Gasteiger partial charge in [-0.2, -0.15) is 0 Å². The van der Waals surface area contributed by atoms with E-state index in [4.69, 9.17) is 13.9 Å². The molecule has 5 nitrogen and oxygen atoms in total. The number of unbranched alkanes of at least 4 members (excludes halogenated alkanes) is 1. The first-order valence-corrected chi connectivity index (χ1v) is 9.41. The van der Waals surface area contributed by atoms with Crippen molar-refractivity contribution in [3.8, 4) is 11.5 Å². The molecule has 1 N–H and O–H groups in total. The van der Waals surface area contributed by atoms with Gasteiger partial charge in [-0.15, -0.1) is 0 Å². The molecule has 26 heavy (non-hydrogen) atoms. The Hall–Kier alpha value is -1.69. The molecule has 0 unspecified atom stereocenters. The number of hydrogen-bond donors (Lipinski definition) is 1. The zero-order chi connectivity index (χ0) is 18.6. The fourth-order valence-electron chi connectivity index (χ4n) is 3.14.